The molecule has 0 aliphatic carbocycles. The van der Waals surface area contributed by atoms with Gasteiger partial charge in [-0.25, -0.2) is 4.39 Å². The SMILES string of the molecule is CN1CCN(Cc2cc(F)ccc2B(O)OC(C)(C)C(C)(C)O)CC1. The molecule has 1 aliphatic rings. The van der Waals surface area contributed by atoms with E-state index >= 15 is 0 Å². The van der Waals surface area contributed by atoms with Gasteiger partial charge in [-0.15, -0.1) is 0 Å². The van der Waals surface area contributed by atoms with E-state index in [2.05, 4.69) is 16.8 Å². The van der Waals surface area contributed by atoms with E-state index in [1.165, 1.54) is 12.1 Å². The molecule has 0 unspecified atom stereocenters. The fourth-order valence-corrected chi connectivity index (χ4v) is 2.69. The highest BCUT2D eigenvalue weighted by atomic mass is 19.1. The van der Waals surface area contributed by atoms with Crippen molar-refractivity contribution in [2.24, 2.45) is 0 Å². The first-order valence-corrected chi connectivity index (χ1v) is 8.77. The van der Waals surface area contributed by atoms with Crippen molar-refractivity contribution in [2.75, 3.05) is 33.2 Å². The van der Waals surface area contributed by atoms with E-state index in [9.17, 15) is 14.5 Å². The third-order valence-electron chi connectivity index (χ3n) is 5.24. The molecule has 1 heterocycles. The van der Waals surface area contributed by atoms with Gasteiger partial charge in [0.1, 0.15) is 5.82 Å². The highest BCUT2D eigenvalue weighted by Gasteiger charge is 2.40. The third-order valence-corrected chi connectivity index (χ3v) is 5.24. The van der Waals surface area contributed by atoms with Crippen LogP contribution in [0.5, 0.6) is 0 Å². The number of nitrogens with zero attached hydrogens (tertiary/aromatic N) is 2. The fraction of sp³-hybridized carbons (Fsp3) is 0.667. The molecular weight excluding hydrogens is 322 g/mol. The van der Waals surface area contributed by atoms with Gasteiger partial charge in [0, 0.05) is 32.7 Å². The molecule has 0 bridgehead atoms. The first kappa shape index (κ1) is 20.3. The average Bonchev–Trinajstić information content (AvgIpc) is 2.48. The highest BCUT2D eigenvalue weighted by Crippen LogP contribution is 2.25. The van der Waals surface area contributed by atoms with Gasteiger partial charge >= 0.3 is 7.12 Å². The van der Waals surface area contributed by atoms with Gasteiger partial charge in [-0.3, -0.25) is 4.90 Å². The number of benzene rings is 1. The Morgan fingerprint density at radius 3 is 2.32 bits per heavy atom. The summed E-state index contributed by atoms with van der Waals surface area (Å²) < 4.78 is 19.5. The van der Waals surface area contributed by atoms with E-state index in [4.69, 9.17) is 4.65 Å². The molecule has 0 radical (unpaired) electrons. The van der Waals surface area contributed by atoms with Crippen molar-refractivity contribution in [3.05, 3.63) is 29.6 Å². The maximum absolute atomic E-state index is 13.8. The van der Waals surface area contributed by atoms with E-state index in [0.29, 0.717) is 17.6 Å². The van der Waals surface area contributed by atoms with Crippen LogP contribution in [0.15, 0.2) is 18.2 Å². The van der Waals surface area contributed by atoms with Crippen LogP contribution in [0, 0.1) is 5.82 Å². The monoisotopic (exact) mass is 352 g/mol. The lowest BCUT2D eigenvalue weighted by Gasteiger charge is -2.38. The number of piperazine rings is 1. The summed E-state index contributed by atoms with van der Waals surface area (Å²) >= 11 is 0. The van der Waals surface area contributed by atoms with Crippen LogP contribution in [0.25, 0.3) is 0 Å². The summed E-state index contributed by atoms with van der Waals surface area (Å²) in [5.41, 5.74) is -0.849. The Morgan fingerprint density at radius 2 is 1.76 bits per heavy atom. The fourth-order valence-electron chi connectivity index (χ4n) is 2.69. The molecule has 0 aromatic heterocycles. The molecule has 25 heavy (non-hydrogen) atoms. The Bertz CT molecular complexity index is 584. The molecule has 1 fully saturated rings. The summed E-state index contributed by atoms with van der Waals surface area (Å²) in [5, 5.41) is 20.8. The number of hydrogen-bond acceptors (Lipinski definition) is 5. The first-order valence-electron chi connectivity index (χ1n) is 8.77. The molecule has 5 nitrogen and oxygen atoms in total. The van der Waals surface area contributed by atoms with Crippen LogP contribution >= 0.6 is 0 Å². The summed E-state index contributed by atoms with van der Waals surface area (Å²) in [4.78, 5) is 4.50. The van der Waals surface area contributed by atoms with Crippen molar-refractivity contribution in [2.45, 2.75) is 45.4 Å². The third kappa shape index (κ3) is 5.25. The maximum Gasteiger partial charge on any atom is 0.491 e. The van der Waals surface area contributed by atoms with E-state index in [-0.39, 0.29) is 5.82 Å². The second kappa shape index (κ2) is 7.72. The zero-order valence-electron chi connectivity index (χ0n) is 15.9. The number of aliphatic hydroxyl groups is 1. The van der Waals surface area contributed by atoms with Crippen LogP contribution in [0.2, 0.25) is 0 Å². The summed E-state index contributed by atoms with van der Waals surface area (Å²) in [6.07, 6.45) is 0. The second-order valence-electron chi connectivity index (χ2n) is 7.96. The molecule has 140 valence electrons. The second-order valence-corrected chi connectivity index (χ2v) is 7.96. The molecular formula is C18H30BFN2O3. The van der Waals surface area contributed by atoms with Crippen LogP contribution in [0.4, 0.5) is 4.39 Å². The average molecular weight is 352 g/mol. The number of likely N-dealkylation sites (N-methyl/N-ethyl adjacent to an activating group) is 1. The van der Waals surface area contributed by atoms with Gasteiger partial charge in [0.05, 0.1) is 11.2 Å². The molecule has 7 heteroatoms. The van der Waals surface area contributed by atoms with E-state index in [1.54, 1.807) is 33.8 Å². The Hall–Kier alpha value is -0.985. The lowest BCUT2D eigenvalue weighted by Crippen LogP contribution is -2.54. The Balaban J connectivity index is 2.17. The molecule has 1 aromatic carbocycles. The van der Waals surface area contributed by atoms with Gasteiger partial charge in [0.25, 0.3) is 0 Å². The smallest absolute Gasteiger partial charge is 0.423 e. The van der Waals surface area contributed by atoms with Crippen LogP contribution < -0.4 is 5.46 Å². The van der Waals surface area contributed by atoms with Crippen LogP contribution in [-0.2, 0) is 11.2 Å². The molecule has 1 aliphatic heterocycles. The van der Waals surface area contributed by atoms with E-state index < -0.39 is 18.3 Å². The van der Waals surface area contributed by atoms with Crippen molar-refractivity contribution in [3.63, 3.8) is 0 Å². The largest absolute Gasteiger partial charge is 0.491 e. The molecule has 1 saturated heterocycles. The van der Waals surface area contributed by atoms with Gasteiger partial charge in [0.15, 0.2) is 0 Å². The van der Waals surface area contributed by atoms with Crippen molar-refractivity contribution < 1.29 is 19.2 Å². The van der Waals surface area contributed by atoms with Crippen molar-refractivity contribution >= 4 is 12.6 Å². The minimum absolute atomic E-state index is 0.332. The molecule has 2 rings (SSSR count). The van der Waals surface area contributed by atoms with Gasteiger partial charge in [-0.1, -0.05) is 6.07 Å². The zero-order valence-corrected chi connectivity index (χ0v) is 15.9. The van der Waals surface area contributed by atoms with Crippen LogP contribution in [0.1, 0.15) is 33.3 Å². The predicted octanol–water partition coefficient (Wildman–Crippen LogP) is 0.827. The summed E-state index contributed by atoms with van der Waals surface area (Å²) in [6.45, 7) is 11.0. The topological polar surface area (TPSA) is 56.2 Å². The van der Waals surface area contributed by atoms with Crippen LogP contribution in [0.3, 0.4) is 0 Å². The Morgan fingerprint density at radius 1 is 1.16 bits per heavy atom. The first-order chi connectivity index (χ1) is 11.5. The minimum Gasteiger partial charge on any atom is -0.423 e. The minimum atomic E-state index is -1.23. The standard InChI is InChI=1S/C18H30BFN2O3/c1-17(2,23)18(3,4)25-19(24)16-7-6-15(20)12-14(16)13-22-10-8-21(5)9-11-22/h6-7,12,23-24H,8-11,13H2,1-5H3. The lowest BCUT2D eigenvalue weighted by atomic mass is 9.74. The van der Waals surface area contributed by atoms with E-state index in [1.807, 2.05) is 0 Å². The van der Waals surface area contributed by atoms with Gasteiger partial charge in [0.2, 0.25) is 0 Å². The normalized spacial score (nSPS) is 17.8. The van der Waals surface area contributed by atoms with E-state index in [0.717, 1.165) is 26.2 Å². The van der Waals surface area contributed by atoms with Crippen molar-refractivity contribution in [3.8, 4) is 0 Å². The van der Waals surface area contributed by atoms with Gasteiger partial charge < -0.3 is 19.7 Å². The van der Waals surface area contributed by atoms with Crippen molar-refractivity contribution in [1.82, 2.24) is 9.80 Å². The lowest BCUT2D eigenvalue weighted by molar-refractivity contribution is -0.0982. The predicted molar refractivity (Wildman–Crippen MR) is 98.2 cm³/mol. The number of halogens is 1. The van der Waals surface area contributed by atoms with Crippen molar-refractivity contribution in [1.29, 1.82) is 0 Å². The Kier molecular flexibility index (Phi) is 6.28. The summed E-state index contributed by atoms with van der Waals surface area (Å²) in [6, 6.07) is 4.34. The summed E-state index contributed by atoms with van der Waals surface area (Å²) in [7, 11) is 0.853. The molecule has 0 atom stereocenters. The number of rotatable bonds is 6. The zero-order chi connectivity index (χ0) is 18.8. The van der Waals surface area contributed by atoms with Crippen LogP contribution in [-0.4, -0.2) is 71.5 Å². The number of hydrogen-bond donors (Lipinski definition) is 2. The molecule has 0 amide bonds. The molecule has 1 aromatic rings. The van der Waals surface area contributed by atoms with Gasteiger partial charge in [-0.2, -0.15) is 0 Å². The summed E-state index contributed by atoms with van der Waals surface area (Å²) in [5.74, 6) is -0.332. The maximum atomic E-state index is 13.8. The Labute approximate surface area is 150 Å². The molecule has 2 N–H and O–H groups in total. The highest BCUT2D eigenvalue weighted by molar-refractivity contribution is 6.60. The van der Waals surface area contributed by atoms with Gasteiger partial charge in [-0.05, 0) is 57.9 Å². The molecule has 0 saturated carbocycles. The quantitative estimate of drug-likeness (QED) is 0.743. The molecule has 0 spiro atoms.